The van der Waals surface area contributed by atoms with Gasteiger partial charge in [0.15, 0.2) is 5.65 Å². The summed E-state index contributed by atoms with van der Waals surface area (Å²) in [5.74, 6) is 0.00891. The standard InChI is InChI=1S/C21H20N6O/c28-21(25-8-6-18(13-25)26-9-7-22-14-26)17-10-19-20(23-11-17)27(15-24-19)12-16-4-2-1-3-5-16/h1-5,7,9-11,14-15,18H,6,8,12-13H2. The lowest BCUT2D eigenvalue weighted by atomic mass is 10.2. The average molecular weight is 372 g/mol. The van der Waals surface area contributed by atoms with Crippen LogP contribution < -0.4 is 0 Å². The summed E-state index contributed by atoms with van der Waals surface area (Å²) in [6.45, 7) is 2.13. The van der Waals surface area contributed by atoms with Crippen molar-refractivity contribution in [2.75, 3.05) is 13.1 Å². The van der Waals surface area contributed by atoms with Gasteiger partial charge in [0.1, 0.15) is 5.52 Å². The summed E-state index contributed by atoms with van der Waals surface area (Å²) in [6.07, 6.45) is 9.91. The summed E-state index contributed by atoms with van der Waals surface area (Å²) >= 11 is 0. The maximum Gasteiger partial charge on any atom is 0.255 e. The predicted octanol–water partition coefficient (Wildman–Crippen LogP) is 2.76. The predicted molar refractivity (Wildman–Crippen MR) is 105 cm³/mol. The minimum atomic E-state index is 0.00891. The molecule has 1 saturated heterocycles. The number of nitrogens with zero attached hydrogens (tertiary/aromatic N) is 6. The number of amides is 1. The Morgan fingerprint density at radius 3 is 2.86 bits per heavy atom. The number of carbonyl (C=O) groups is 1. The van der Waals surface area contributed by atoms with Gasteiger partial charge in [0.2, 0.25) is 0 Å². The largest absolute Gasteiger partial charge is 0.336 e. The third kappa shape index (κ3) is 3.05. The molecule has 140 valence electrons. The first-order chi connectivity index (χ1) is 13.8. The SMILES string of the molecule is O=C(c1cnc2c(c1)ncn2Cc1ccccc1)N1CCC(n2ccnc2)C1. The van der Waals surface area contributed by atoms with E-state index in [9.17, 15) is 4.79 Å². The number of imidazole rings is 2. The fourth-order valence-corrected chi connectivity index (χ4v) is 3.80. The first-order valence-electron chi connectivity index (χ1n) is 9.39. The molecule has 1 aliphatic rings. The summed E-state index contributed by atoms with van der Waals surface area (Å²) in [4.78, 5) is 27.9. The lowest BCUT2D eigenvalue weighted by Crippen LogP contribution is -2.29. The van der Waals surface area contributed by atoms with Gasteiger partial charge in [-0.05, 0) is 18.1 Å². The van der Waals surface area contributed by atoms with Gasteiger partial charge in [-0.1, -0.05) is 30.3 Å². The number of likely N-dealkylation sites (tertiary alicyclic amines) is 1. The van der Waals surface area contributed by atoms with E-state index < -0.39 is 0 Å². The van der Waals surface area contributed by atoms with Crippen molar-refractivity contribution in [2.24, 2.45) is 0 Å². The maximum atomic E-state index is 12.9. The van der Waals surface area contributed by atoms with Crippen LogP contribution in [0.25, 0.3) is 11.2 Å². The number of rotatable bonds is 4. The van der Waals surface area contributed by atoms with Crippen LogP contribution in [0.3, 0.4) is 0 Å². The first kappa shape index (κ1) is 16.7. The Labute approximate surface area is 162 Å². The Kier molecular flexibility index (Phi) is 4.12. The molecular formula is C21H20N6O. The molecule has 0 bridgehead atoms. The van der Waals surface area contributed by atoms with Crippen LogP contribution in [0, 0.1) is 0 Å². The van der Waals surface area contributed by atoms with Crippen LogP contribution in [-0.2, 0) is 6.54 Å². The van der Waals surface area contributed by atoms with E-state index in [0.29, 0.717) is 18.7 Å². The molecule has 1 aliphatic heterocycles. The molecule has 1 amide bonds. The van der Waals surface area contributed by atoms with Gasteiger partial charge in [0.25, 0.3) is 5.91 Å². The van der Waals surface area contributed by atoms with E-state index in [1.54, 1.807) is 18.7 Å². The van der Waals surface area contributed by atoms with Crippen molar-refractivity contribution < 1.29 is 4.79 Å². The molecule has 0 aliphatic carbocycles. The van der Waals surface area contributed by atoms with Crippen molar-refractivity contribution in [1.82, 2.24) is 29.0 Å². The number of pyridine rings is 1. The molecule has 1 aromatic carbocycles. The molecular weight excluding hydrogens is 352 g/mol. The number of aromatic nitrogens is 5. The molecule has 5 rings (SSSR count). The zero-order valence-corrected chi connectivity index (χ0v) is 15.3. The van der Waals surface area contributed by atoms with E-state index in [0.717, 1.165) is 24.1 Å². The van der Waals surface area contributed by atoms with Gasteiger partial charge in [-0.3, -0.25) is 4.79 Å². The summed E-state index contributed by atoms with van der Waals surface area (Å²) in [5, 5.41) is 0. The van der Waals surface area contributed by atoms with E-state index >= 15 is 0 Å². The van der Waals surface area contributed by atoms with Crippen LogP contribution >= 0.6 is 0 Å². The van der Waals surface area contributed by atoms with Crippen LogP contribution in [-0.4, -0.2) is 48.0 Å². The summed E-state index contributed by atoms with van der Waals surface area (Å²) in [6, 6.07) is 12.3. The van der Waals surface area contributed by atoms with Gasteiger partial charge < -0.3 is 14.0 Å². The van der Waals surface area contributed by atoms with Gasteiger partial charge in [0, 0.05) is 31.7 Å². The molecule has 0 radical (unpaired) electrons. The molecule has 0 saturated carbocycles. The zero-order valence-electron chi connectivity index (χ0n) is 15.3. The highest BCUT2D eigenvalue weighted by Gasteiger charge is 2.28. The van der Waals surface area contributed by atoms with Gasteiger partial charge in [-0.25, -0.2) is 15.0 Å². The number of fused-ring (bicyclic) bond motifs is 1. The van der Waals surface area contributed by atoms with Gasteiger partial charge in [0.05, 0.1) is 30.8 Å². The molecule has 7 nitrogen and oxygen atoms in total. The van der Waals surface area contributed by atoms with Crippen molar-refractivity contribution in [1.29, 1.82) is 0 Å². The fraction of sp³-hybridized carbons (Fsp3) is 0.238. The number of benzene rings is 1. The highest BCUT2D eigenvalue weighted by atomic mass is 16.2. The van der Waals surface area contributed by atoms with Crippen LogP contribution in [0.5, 0.6) is 0 Å². The van der Waals surface area contributed by atoms with Crippen molar-refractivity contribution >= 4 is 17.1 Å². The molecule has 1 fully saturated rings. The molecule has 0 spiro atoms. The Morgan fingerprint density at radius 1 is 1.14 bits per heavy atom. The van der Waals surface area contributed by atoms with Crippen LogP contribution in [0.2, 0.25) is 0 Å². The van der Waals surface area contributed by atoms with E-state index in [2.05, 4.69) is 31.7 Å². The van der Waals surface area contributed by atoms with Crippen molar-refractivity contribution in [3.05, 3.63) is 78.8 Å². The van der Waals surface area contributed by atoms with Crippen LogP contribution in [0.15, 0.2) is 67.6 Å². The zero-order chi connectivity index (χ0) is 18.9. The van der Waals surface area contributed by atoms with Crippen molar-refractivity contribution in [2.45, 2.75) is 19.0 Å². The third-order valence-electron chi connectivity index (χ3n) is 5.30. The summed E-state index contributed by atoms with van der Waals surface area (Å²) < 4.78 is 4.07. The molecule has 4 heterocycles. The Balaban J connectivity index is 1.35. The molecule has 1 unspecified atom stereocenters. The van der Waals surface area contributed by atoms with E-state index in [4.69, 9.17) is 0 Å². The molecule has 1 atom stereocenters. The third-order valence-corrected chi connectivity index (χ3v) is 5.30. The fourth-order valence-electron chi connectivity index (χ4n) is 3.80. The quantitative estimate of drug-likeness (QED) is 0.552. The van der Waals surface area contributed by atoms with Crippen LogP contribution in [0.1, 0.15) is 28.4 Å². The second-order valence-corrected chi connectivity index (χ2v) is 7.13. The van der Waals surface area contributed by atoms with Gasteiger partial charge in [-0.15, -0.1) is 0 Å². The number of hydrogen-bond donors (Lipinski definition) is 0. The lowest BCUT2D eigenvalue weighted by Gasteiger charge is -2.17. The summed E-state index contributed by atoms with van der Waals surface area (Å²) in [7, 11) is 0. The number of carbonyl (C=O) groups excluding carboxylic acids is 1. The second-order valence-electron chi connectivity index (χ2n) is 7.13. The van der Waals surface area contributed by atoms with E-state index in [-0.39, 0.29) is 11.9 Å². The Bertz CT molecular complexity index is 1100. The lowest BCUT2D eigenvalue weighted by molar-refractivity contribution is 0.0787. The normalized spacial score (nSPS) is 16.7. The molecule has 28 heavy (non-hydrogen) atoms. The Hall–Kier alpha value is -3.48. The van der Waals surface area contributed by atoms with Crippen molar-refractivity contribution in [3.63, 3.8) is 0 Å². The molecule has 0 N–H and O–H groups in total. The topological polar surface area (TPSA) is 68.8 Å². The number of hydrogen-bond acceptors (Lipinski definition) is 4. The highest BCUT2D eigenvalue weighted by molar-refractivity contribution is 5.96. The Morgan fingerprint density at radius 2 is 2.04 bits per heavy atom. The van der Waals surface area contributed by atoms with E-state index in [1.165, 1.54) is 5.56 Å². The molecule has 7 heteroatoms. The molecule has 4 aromatic rings. The summed E-state index contributed by atoms with van der Waals surface area (Å²) in [5.41, 5.74) is 3.31. The van der Waals surface area contributed by atoms with Crippen molar-refractivity contribution in [3.8, 4) is 0 Å². The smallest absolute Gasteiger partial charge is 0.255 e. The average Bonchev–Trinajstić information content (AvgIpc) is 3.48. The highest BCUT2D eigenvalue weighted by Crippen LogP contribution is 2.23. The second kappa shape index (κ2) is 6.92. The monoisotopic (exact) mass is 372 g/mol. The minimum Gasteiger partial charge on any atom is -0.336 e. The van der Waals surface area contributed by atoms with Crippen LogP contribution in [0.4, 0.5) is 0 Å². The van der Waals surface area contributed by atoms with Gasteiger partial charge >= 0.3 is 0 Å². The minimum absolute atomic E-state index is 0.00891. The van der Waals surface area contributed by atoms with E-state index in [1.807, 2.05) is 46.3 Å². The molecule has 3 aromatic heterocycles. The first-order valence-corrected chi connectivity index (χ1v) is 9.39. The van der Waals surface area contributed by atoms with Gasteiger partial charge in [-0.2, -0.15) is 0 Å². The maximum absolute atomic E-state index is 12.9.